The number of aliphatic carboxylic acids is 1. The van der Waals surface area contributed by atoms with E-state index in [1.54, 1.807) is 29.8 Å². The summed E-state index contributed by atoms with van der Waals surface area (Å²) in [5, 5.41) is 22.9. The number of β-lactam (4-membered cyclic amide) rings is 1. The van der Waals surface area contributed by atoms with E-state index in [4.69, 9.17) is 0 Å². The zero-order valence-corrected chi connectivity index (χ0v) is 19.0. The van der Waals surface area contributed by atoms with Crippen molar-refractivity contribution < 1.29 is 28.2 Å². The highest BCUT2D eigenvalue weighted by atomic mass is 127. The summed E-state index contributed by atoms with van der Waals surface area (Å²) < 4.78 is 27.6. The van der Waals surface area contributed by atoms with Gasteiger partial charge in [0, 0.05) is 58.1 Å². The number of halogens is 1. The molecule has 0 bridgehead atoms. The smallest absolute Gasteiger partial charge is 0.353 e. The minimum atomic E-state index is -3.52. The maximum absolute atomic E-state index is 12.4. The van der Waals surface area contributed by atoms with E-state index in [9.17, 15) is 28.2 Å². The van der Waals surface area contributed by atoms with Crippen LogP contribution >= 0.6 is 34.6 Å². The fraction of sp³-hybridized carbons (Fsp3) is 0.733. The first-order valence-corrected chi connectivity index (χ1v) is 12.3. The van der Waals surface area contributed by atoms with Crippen molar-refractivity contribution in [2.75, 3.05) is 13.1 Å². The molecule has 0 spiro atoms. The largest absolute Gasteiger partial charge is 0.477 e. The van der Waals surface area contributed by atoms with Gasteiger partial charge >= 0.3 is 5.97 Å². The van der Waals surface area contributed by atoms with Crippen molar-refractivity contribution in [1.29, 1.82) is 0 Å². The van der Waals surface area contributed by atoms with Crippen LogP contribution in [0, 0.1) is 11.8 Å². The highest BCUT2D eigenvalue weighted by Gasteiger charge is 2.60. The highest BCUT2D eigenvalue weighted by molar-refractivity contribution is 14.1. The number of aliphatic hydroxyl groups is 1. The van der Waals surface area contributed by atoms with Crippen LogP contribution in [0.1, 0.15) is 20.3 Å². The van der Waals surface area contributed by atoms with Crippen LogP contribution in [0.25, 0.3) is 0 Å². The Labute approximate surface area is 181 Å². The van der Waals surface area contributed by atoms with E-state index in [1.807, 2.05) is 6.92 Å². The minimum absolute atomic E-state index is 0.0164. The number of nitrogens with one attached hydrogen (secondary N) is 3. The topological polar surface area (TPSA) is 148 Å². The van der Waals surface area contributed by atoms with Gasteiger partial charge in [0.25, 0.3) is 10.2 Å². The van der Waals surface area contributed by atoms with Crippen molar-refractivity contribution in [1.82, 2.24) is 17.9 Å². The van der Waals surface area contributed by atoms with Crippen molar-refractivity contribution in [3.8, 4) is 0 Å². The lowest BCUT2D eigenvalue weighted by Crippen LogP contribution is -2.63. The molecule has 1 amide bonds. The molecular formula is C15H23IN4O6S2. The molecule has 6 atom stereocenters. The lowest BCUT2D eigenvalue weighted by atomic mass is 9.79. The van der Waals surface area contributed by atoms with Crippen molar-refractivity contribution in [3.05, 3.63) is 10.6 Å². The normalized spacial score (nSPS) is 33.8. The number of hydrogen-bond acceptors (Lipinski definition) is 7. The first-order valence-electron chi connectivity index (χ1n) is 8.83. The molecule has 3 aliphatic heterocycles. The Hall–Kier alpha value is -0.450. The SMILES string of the molecule is CC(O)C1C(=O)N2C(C(=O)O)=C(SC3CNC(CNS(=O)(=O)NI)C3)C(C)C12. The van der Waals surface area contributed by atoms with Gasteiger partial charge in [0.05, 0.1) is 18.1 Å². The summed E-state index contributed by atoms with van der Waals surface area (Å²) in [5.74, 6) is -2.23. The van der Waals surface area contributed by atoms with Gasteiger partial charge in [-0.25, -0.2) is 9.52 Å². The maximum atomic E-state index is 12.4. The molecule has 3 heterocycles. The number of amides is 1. The first-order chi connectivity index (χ1) is 13.1. The summed E-state index contributed by atoms with van der Waals surface area (Å²) in [6, 6.07) is -0.390. The predicted molar refractivity (Wildman–Crippen MR) is 111 cm³/mol. The summed E-state index contributed by atoms with van der Waals surface area (Å²) in [4.78, 5) is 26.1. The van der Waals surface area contributed by atoms with E-state index < -0.39 is 28.2 Å². The second-order valence-electron chi connectivity index (χ2n) is 7.28. The summed E-state index contributed by atoms with van der Waals surface area (Å²) >= 11 is 2.98. The zero-order valence-electron chi connectivity index (χ0n) is 15.3. The van der Waals surface area contributed by atoms with Gasteiger partial charge in [-0.15, -0.1) is 14.7 Å². The molecule has 0 aromatic carbocycles. The average Bonchev–Trinajstić information content (AvgIpc) is 3.15. The first kappa shape index (κ1) is 22.2. The Morgan fingerprint density at radius 2 is 2.18 bits per heavy atom. The minimum Gasteiger partial charge on any atom is -0.477 e. The second-order valence-corrected chi connectivity index (χ2v) is 11.4. The Morgan fingerprint density at radius 3 is 2.75 bits per heavy atom. The Bertz CT molecular complexity index is 804. The van der Waals surface area contributed by atoms with E-state index in [-0.39, 0.29) is 41.4 Å². The standard InChI is InChI=1S/C15H23IN4O6S2/c1-6-11-10(7(2)21)14(22)20(11)12(15(23)24)13(6)27-9-3-8(17-5-9)4-18-28(25,26)19-16/h6-11,17-19,21H,3-5H2,1-2H3,(H,23,24). The van der Waals surface area contributed by atoms with Crippen LogP contribution in [-0.2, 0) is 19.8 Å². The molecule has 5 N–H and O–H groups in total. The predicted octanol–water partition coefficient (Wildman–Crippen LogP) is -0.622. The van der Waals surface area contributed by atoms with Gasteiger partial charge in [-0.2, -0.15) is 8.42 Å². The molecule has 0 aromatic heterocycles. The molecular weight excluding hydrogens is 523 g/mol. The van der Waals surface area contributed by atoms with Crippen molar-refractivity contribution in [3.63, 3.8) is 0 Å². The molecule has 0 saturated carbocycles. The average molecular weight is 546 g/mol. The van der Waals surface area contributed by atoms with E-state index in [0.29, 0.717) is 17.9 Å². The molecule has 13 heteroatoms. The van der Waals surface area contributed by atoms with Gasteiger partial charge in [-0.1, -0.05) is 6.92 Å². The number of nitrogens with zero attached hydrogens (tertiary/aromatic N) is 1. The van der Waals surface area contributed by atoms with Gasteiger partial charge in [-0.3, -0.25) is 4.79 Å². The van der Waals surface area contributed by atoms with Crippen molar-refractivity contribution in [2.24, 2.45) is 11.8 Å². The lowest BCUT2D eigenvalue weighted by Gasteiger charge is -2.46. The third-order valence-electron chi connectivity index (χ3n) is 5.41. The number of carboxylic acids is 1. The monoisotopic (exact) mass is 546 g/mol. The van der Waals surface area contributed by atoms with Crippen LogP contribution in [0.5, 0.6) is 0 Å². The molecule has 0 aromatic rings. The molecule has 2 fully saturated rings. The summed E-state index contributed by atoms with van der Waals surface area (Å²) in [6.45, 7) is 4.27. The van der Waals surface area contributed by atoms with E-state index in [2.05, 4.69) is 13.0 Å². The van der Waals surface area contributed by atoms with Crippen LogP contribution in [0.15, 0.2) is 10.6 Å². The molecule has 3 rings (SSSR count). The quantitative estimate of drug-likeness (QED) is 0.154. The van der Waals surface area contributed by atoms with Crippen LogP contribution < -0.4 is 13.0 Å². The van der Waals surface area contributed by atoms with E-state index in [1.165, 1.54) is 16.7 Å². The van der Waals surface area contributed by atoms with Crippen molar-refractivity contribution >= 4 is 56.7 Å². The number of carboxylic acid groups (broad SMARTS) is 1. The molecule has 28 heavy (non-hydrogen) atoms. The van der Waals surface area contributed by atoms with E-state index in [0.717, 1.165) is 0 Å². The Balaban J connectivity index is 1.68. The summed E-state index contributed by atoms with van der Waals surface area (Å²) in [6.07, 6.45) is -0.164. The molecule has 158 valence electrons. The molecule has 2 saturated heterocycles. The number of carbonyl (C=O) groups is 2. The van der Waals surface area contributed by atoms with Crippen LogP contribution in [0.3, 0.4) is 0 Å². The van der Waals surface area contributed by atoms with E-state index >= 15 is 0 Å². The molecule has 3 aliphatic rings. The lowest BCUT2D eigenvalue weighted by molar-refractivity contribution is -0.163. The van der Waals surface area contributed by atoms with Crippen LogP contribution in [-0.4, -0.2) is 71.9 Å². The zero-order chi connectivity index (χ0) is 20.8. The third kappa shape index (κ3) is 4.06. The number of fused-ring (bicyclic) bond motifs is 1. The number of rotatable bonds is 8. The van der Waals surface area contributed by atoms with Gasteiger partial charge in [0.15, 0.2) is 0 Å². The molecule has 6 unspecified atom stereocenters. The summed E-state index contributed by atoms with van der Waals surface area (Å²) in [7, 11) is -3.52. The molecule has 0 aliphatic carbocycles. The Morgan fingerprint density at radius 1 is 1.50 bits per heavy atom. The fourth-order valence-corrected chi connectivity index (χ4v) is 6.58. The number of carbonyl (C=O) groups excluding carboxylic acids is 1. The van der Waals surface area contributed by atoms with Gasteiger partial charge < -0.3 is 20.4 Å². The molecule has 10 nitrogen and oxygen atoms in total. The number of hydrogen-bond donors (Lipinski definition) is 5. The second kappa shape index (κ2) is 8.35. The summed E-state index contributed by atoms with van der Waals surface area (Å²) in [5.41, 5.74) is 0.0164. The van der Waals surface area contributed by atoms with Gasteiger partial charge in [0.1, 0.15) is 5.70 Å². The third-order valence-corrected chi connectivity index (χ3v) is 9.41. The fourth-order valence-electron chi connectivity index (χ4n) is 4.12. The van der Waals surface area contributed by atoms with Gasteiger partial charge in [0.2, 0.25) is 5.91 Å². The highest BCUT2D eigenvalue weighted by Crippen LogP contribution is 2.51. The van der Waals surface area contributed by atoms with Crippen LogP contribution in [0.2, 0.25) is 0 Å². The Kier molecular flexibility index (Phi) is 6.64. The van der Waals surface area contributed by atoms with Crippen LogP contribution in [0.4, 0.5) is 0 Å². The van der Waals surface area contributed by atoms with Crippen molar-refractivity contribution in [2.45, 2.75) is 43.7 Å². The van der Waals surface area contributed by atoms with Gasteiger partial charge in [-0.05, 0) is 13.3 Å². The maximum Gasteiger partial charge on any atom is 0.353 e. The number of aliphatic hydroxyl groups excluding tert-OH is 1. The molecule has 0 radical (unpaired) electrons. The number of thioether (sulfide) groups is 1.